The number of benzene rings is 14. The van der Waals surface area contributed by atoms with E-state index >= 15 is 0 Å². The fourth-order valence-electron chi connectivity index (χ4n) is 14.2. The molecule has 13 N–H and O–H groups in total. The second-order valence-electron chi connectivity index (χ2n) is 26.8. The molecule has 115 heavy (non-hydrogen) atoms. The fourth-order valence-corrected chi connectivity index (χ4v) is 14.2. The Morgan fingerprint density at radius 1 is 0.330 bits per heavy atom. The van der Waals surface area contributed by atoms with Crippen LogP contribution in [0.2, 0.25) is 0 Å². The smallest absolute Gasteiger partial charge is 0.488 e. The van der Waals surface area contributed by atoms with Gasteiger partial charge in [-0.2, -0.15) is 0 Å². The summed E-state index contributed by atoms with van der Waals surface area (Å²) in [5.41, 5.74) is 12.1. The number of nitrogens with one attached hydrogen (secondary N) is 1. The maximum absolute atomic E-state index is 12.0. The lowest BCUT2D eigenvalue weighted by Gasteiger charge is -2.20. The van der Waals surface area contributed by atoms with Gasteiger partial charge in [-0.25, -0.2) is 9.59 Å². The summed E-state index contributed by atoms with van der Waals surface area (Å²) in [6.45, 7) is 0. The van der Waals surface area contributed by atoms with E-state index in [-0.39, 0.29) is 49.8 Å². The number of carbonyl (C=O) groups is 2. The normalized spacial score (nSPS) is 11.1. The predicted octanol–water partition coefficient (Wildman–Crippen LogP) is 10.3. The van der Waals surface area contributed by atoms with E-state index in [9.17, 15) is 89.4 Å². The summed E-state index contributed by atoms with van der Waals surface area (Å²) in [5.74, 6) is -1.20. The molecule has 0 fully saturated rings. The van der Waals surface area contributed by atoms with Gasteiger partial charge in [-0.05, 0) is 200 Å². The zero-order chi connectivity index (χ0) is 80.6. The van der Waals surface area contributed by atoms with Gasteiger partial charge >= 0.3 is 40.4 Å². The molecule has 3 aliphatic carbocycles. The molecular weight excluding hydrogens is 1460 g/mol. The van der Waals surface area contributed by atoms with Crippen molar-refractivity contribution in [3.8, 4) is 84.5 Å². The van der Waals surface area contributed by atoms with Gasteiger partial charge in [-0.1, -0.05) is 103 Å². The van der Waals surface area contributed by atoms with Gasteiger partial charge in [0.25, 0.3) is 0 Å². The van der Waals surface area contributed by atoms with Crippen LogP contribution in [0.15, 0.2) is 318 Å². The number of nitrogens with zero attached hydrogens (tertiary/aromatic N) is 1. The summed E-state index contributed by atoms with van der Waals surface area (Å²) in [6, 6.07) is 77.7. The Balaban J connectivity index is 0.000000122. The number of rotatable bonds is 12. The Morgan fingerprint density at radius 2 is 0.817 bits per heavy atom. The van der Waals surface area contributed by atoms with E-state index in [1.807, 2.05) is 41.0 Å². The Hall–Kier alpha value is -14.5. The van der Waals surface area contributed by atoms with E-state index in [2.05, 4.69) is 5.32 Å². The molecule has 0 amide bonds. The van der Waals surface area contributed by atoms with Crippen LogP contribution < -0.4 is 48.9 Å². The zero-order valence-corrected chi connectivity index (χ0v) is 59.9. The van der Waals surface area contributed by atoms with Crippen molar-refractivity contribution >= 4 is 139 Å². The molecule has 18 rings (SSSR count). The van der Waals surface area contributed by atoms with E-state index in [0.29, 0.717) is 133 Å². The lowest BCUT2D eigenvalue weighted by molar-refractivity contribution is 0.0687. The Morgan fingerprint density at radius 3 is 1.50 bits per heavy atom. The van der Waals surface area contributed by atoms with Crippen molar-refractivity contribution in [3.05, 3.63) is 337 Å². The summed E-state index contributed by atoms with van der Waals surface area (Å²) in [5, 5.41) is 123. The SMILES string of the molecule is O=C(O)c1ccccc1-c1c2ccc(=O)cc-2oc2cc(Nc3cccc(B(O)O)c3)ccc12.O=C(O)c1ccccc1-c1c2ccc(B(O)O)cc2oc2c1ccc1cc(=O)ccc12.O=c1ccc2c(-c3cccc(B(O)O)c3)c3ccc(O)cc3oc-2c1.O=c1ccc2cc3ccc(O)cc3n(-c3cccc(B(O)O)c3)c-2c1. The van der Waals surface area contributed by atoms with Crippen LogP contribution in [0.1, 0.15) is 20.7 Å². The van der Waals surface area contributed by atoms with E-state index in [0.717, 1.165) is 33.0 Å². The maximum Gasteiger partial charge on any atom is 0.488 e. The van der Waals surface area contributed by atoms with Gasteiger partial charge in [0.15, 0.2) is 21.7 Å². The molecule has 0 radical (unpaired) electrons. The number of pyridine rings is 1. The maximum atomic E-state index is 12.0. The van der Waals surface area contributed by atoms with Crippen molar-refractivity contribution in [1.82, 2.24) is 4.57 Å². The highest BCUT2D eigenvalue weighted by Crippen LogP contribution is 2.45. The van der Waals surface area contributed by atoms with E-state index in [4.69, 9.17) is 13.3 Å². The average Bonchev–Trinajstić information content (AvgIpc) is 0.796. The van der Waals surface area contributed by atoms with Crippen LogP contribution in [0.3, 0.4) is 0 Å². The summed E-state index contributed by atoms with van der Waals surface area (Å²) < 4.78 is 19.9. The van der Waals surface area contributed by atoms with Crippen LogP contribution in [0.4, 0.5) is 11.4 Å². The fraction of sp³-hybridized carbons (Fsp3) is 0. The van der Waals surface area contributed by atoms with Crippen LogP contribution in [0, 0.1) is 0 Å². The molecule has 11 aromatic carbocycles. The summed E-state index contributed by atoms with van der Waals surface area (Å²) in [7, 11) is -6.44. The van der Waals surface area contributed by atoms with Gasteiger partial charge in [-0.3, -0.25) is 19.2 Å². The molecule has 0 saturated heterocycles. The highest BCUT2D eigenvalue weighted by atomic mass is 16.4. The minimum absolute atomic E-state index is 0.0550. The van der Waals surface area contributed by atoms with Crippen molar-refractivity contribution < 1.29 is 83.5 Å². The summed E-state index contributed by atoms with van der Waals surface area (Å²) in [6.07, 6.45) is 0. The van der Waals surface area contributed by atoms with Crippen molar-refractivity contribution in [2.75, 3.05) is 5.32 Å². The summed E-state index contributed by atoms with van der Waals surface area (Å²) >= 11 is 0. The van der Waals surface area contributed by atoms with Crippen molar-refractivity contribution in [2.45, 2.75) is 0 Å². The number of aromatic carboxylic acids is 2. The second kappa shape index (κ2) is 31.7. The number of phenols is 2. The molecule has 12 aromatic rings. The number of carboxylic acid groups (broad SMARTS) is 2. The average molecular weight is 1520 g/mol. The monoisotopic (exact) mass is 1520 g/mol. The molecule has 0 saturated carbocycles. The Labute approximate surface area is 650 Å². The molecule has 4 heterocycles. The van der Waals surface area contributed by atoms with Gasteiger partial charge in [0, 0.05) is 108 Å². The van der Waals surface area contributed by atoms with Crippen LogP contribution in [-0.2, 0) is 0 Å². The van der Waals surface area contributed by atoms with Gasteiger partial charge in [0.2, 0.25) is 0 Å². The van der Waals surface area contributed by atoms with Crippen LogP contribution in [0.5, 0.6) is 11.5 Å². The highest BCUT2D eigenvalue weighted by molar-refractivity contribution is 6.60. The largest absolute Gasteiger partial charge is 0.508 e. The highest BCUT2D eigenvalue weighted by Gasteiger charge is 2.26. The topological polar surface area (TPSA) is 402 Å². The number of hydrogen-bond acceptors (Lipinski definition) is 20. The van der Waals surface area contributed by atoms with Crippen molar-refractivity contribution in [2.24, 2.45) is 0 Å². The zero-order valence-electron chi connectivity index (χ0n) is 59.9. The minimum atomic E-state index is -1.68. The van der Waals surface area contributed by atoms with E-state index in [1.54, 1.807) is 182 Å². The second-order valence-corrected chi connectivity index (χ2v) is 26.8. The Bertz CT molecular complexity index is 7040. The van der Waals surface area contributed by atoms with E-state index in [1.165, 1.54) is 66.7 Å². The first kappa shape index (κ1) is 75.9. The number of hydrogen-bond donors (Lipinski definition) is 13. The molecule has 1 aromatic heterocycles. The third-order valence-corrected chi connectivity index (χ3v) is 19.4. The predicted molar refractivity (Wildman–Crippen MR) is 444 cm³/mol. The van der Waals surface area contributed by atoms with Crippen LogP contribution in [-0.4, -0.2) is 106 Å². The first-order valence-corrected chi connectivity index (χ1v) is 35.5. The lowest BCUT2D eigenvalue weighted by atomic mass is 9.78. The van der Waals surface area contributed by atoms with Gasteiger partial charge in [-0.15, -0.1) is 0 Å². The molecule has 0 bridgehead atoms. The number of aromatic nitrogens is 1. The van der Waals surface area contributed by atoms with Crippen LogP contribution in [0.25, 0.3) is 139 Å². The number of carboxylic acids is 2. The molecule has 0 atom stereocenters. The van der Waals surface area contributed by atoms with Crippen molar-refractivity contribution in [3.63, 3.8) is 0 Å². The standard InChI is InChI=1S/C26H18BNO6.C24H15BO6.C19H14BNO4.C19H13BO5/c29-18-9-11-22-24(14-18)34-23-13-17(28-16-5-3-4-15(12-16)27(32)33)8-10-21(23)25(22)19-6-1-2-7-20(19)26(30)31;26-15-7-10-16-13(11-15)5-8-20-22(17-3-1-2-4-18(17)24(27)28)19-9-6-14(25(29)30)12-21(19)31-23(16)20;22-16-6-4-12-8-13-5-7-17(23)11-19(13)21(18(12)10-16)15-3-1-2-14(9-15)20(24)25;21-13-4-6-15-17(9-13)25-18-10-14(22)5-7-16(18)19(15)11-2-1-3-12(8-11)20(23)24/h1-14,28,32-33H,(H,30,31);1-12,29-30H,(H,27,28);1-11,22,24-25H;1-10,21,23-24H. The molecule has 23 nitrogen and oxygen atoms in total. The van der Waals surface area contributed by atoms with Gasteiger partial charge < -0.3 is 83.8 Å². The molecular formula is C88H60B4N2O21. The molecule has 6 aliphatic rings. The number of aromatic hydroxyl groups is 2. The molecule has 27 heteroatoms. The molecule has 560 valence electrons. The van der Waals surface area contributed by atoms with Crippen LogP contribution >= 0.6 is 0 Å². The number of fused-ring (bicyclic) bond motifs is 10. The number of phenolic OH excluding ortho intramolecular Hbond substituents is 2. The quantitative estimate of drug-likeness (QED) is 0.0307. The van der Waals surface area contributed by atoms with Gasteiger partial charge in [0.05, 0.1) is 22.3 Å². The van der Waals surface area contributed by atoms with Gasteiger partial charge in [0.1, 0.15) is 45.4 Å². The third kappa shape index (κ3) is 15.6. The molecule has 3 aliphatic heterocycles. The molecule has 0 spiro atoms. The lowest BCUT2D eigenvalue weighted by Crippen LogP contribution is -2.30. The Kier molecular flexibility index (Phi) is 20.9. The van der Waals surface area contributed by atoms with Crippen molar-refractivity contribution in [1.29, 1.82) is 0 Å². The summed E-state index contributed by atoms with van der Waals surface area (Å²) in [4.78, 5) is 71.3. The minimum Gasteiger partial charge on any atom is -0.508 e. The first-order valence-electron chi connectivity index (χ1n) is 35.5. The molecule has 0 unspecified atom stereocenters. The third-order valence-electron chi connectivity index (χ3n) is 19.4. The van der Waals surface area contributed by atoms with E-state index < -0.39 is 40.4 Å². The number of anilines is 2. The first-order chi connectivity index (χ1) is 55.4.